The summed E-state index contributed by atoms with van der Waals surface area (Å²) in [5.74, 6) is -1.56. The van der Waals surface area contributed by atoms with Crippen molar-refractivity contribution in [2.45, 2.75) is 111 Å². The van der Waals surface area contributed by atoms with Crippen LogP contribution < -0.4 is 16.1 Å². The predicted molar refractivity (Wildman–Crippen MR) is 194 cm³/mol. The van der Waals surface area contributed by atoms with Gasteiger partial charge in [0.05, 0.1) is 29.8 Å². The van der Waals surface area contributed by atoms with Gasteiger partial charge in [0.1, 0.15) is 23.7 Å². The highest BCUT2D eigenvalue weighted by molar-refractivity contribution is 5.91. The second kappa shape index (κ2) is 16.2. The van der Waals surface area contributed by atoms with E-state index in [0.29, 0.717) is 25.9 Å². The molecule has 13 heteroatoms. The highest BCUT2D eigenvalue weighted by Gasteiger charge is 2.38. The van der Waals surface area contributed by atoms with Gasteiger partial charge in [0.25, 0.3) is 5.91 Å². The standard InChI is InChI=1S/C38H54N6O7/c1-23(2)31(41-36(49)51-37(4,5)6)32(45)39-24(3)33(46)44-21-10-12-28(42-44)34(47)43-20-11-13-30(43)27-17-16-26-15-14-25(22-29(26)40-27)18-19-38(7,8)35(48)50-9/h14-19,22-24,28,30-31,42H,10-13,20-21H2,1-9H3,(H,39,45)(H,41,49)/b19-18+/t24-,28-,30?,31-/m0/s1. The van der Waals surface area contributed by atoms with Crippen molar-refractivity contribution in [1.29, 1.82) is 0 Å². The summed E-state index contributed by atoms with van der Waals surface area (Å²) in [5, 5.41) is 7.71. The van der Waals surface area contributed by atoms with Crippen LogP contribution in [0.2, 0.25) is 0 Å². The van der Waals surface area contributed by atoms with E-state index in [1.54, 1.807) is 55.4 Å². The van der Waals surface area contributed by atoms with Crippen LogP contribution in [0.25, 0.3) is 17.0 Å². The molecule has 51 heavy (non-hydrogen) atoms. The summed E-state index contributed by atoms with van der Waals surface area (Å²) in [4.78, 5) is 71.9. The Morgan fingerprint density at radius 3 is 2.31 bits per heavy atom. The summed E-state index contributed by atoms with van der Waals surface area (Å²) in [7, 11) is 1.37. The summed E-state index contributed by atoms with van der Waals surface area (Å²) in [6, 6.07) is 7.25. The van der Waals surface area contributed by atoms with E-state index in [1.807, 2.05) is 47.4 Å². The molecule has 4 rings (SSSR count). The summed E-state index contributed by atoms with van der Waals surface area (Å²) < 4.78 is 10.2. The molecule has 0 bridgehead atoms. The maximum Gasteiger partial charge on any atom is 0.408 e. The van der Waals surface area contributed by atoms with Gasteiger partial charge >= 0.3 is 12.1 Å². The summed E-state index contributed by atoms with van der Waals surface area (Å²) in [6.07, 6.45) is 5.75. The first-order valence-electron chi connectivity index (χ1n) is 17.8. The number of hydrogen-bond acceptors (Lipinski definition) is 9. The number of ether oxygens (including phenoxy) is 2. The molecule has 4 atom stereocenters. The van der Waals surface area contributed by atoms with E-state index in [9.17, 15) is 24.0 Å². The fourth-order valence-corrected chi connectivity index (χ4v) is 6.30. The molecule has 2 fully saturated rings. The lowest BCUT2D eigenvalue weighted by atomic mass is 9.92. The molecule has 1 aromatic heterocycles. The van der Waals surface area contributed by atoms with Gasteiger partial charge < -0.3 is 25.0 Å². The molecule has 0 saturated carbocycles. The third-order valence-corrected chi connectivity index (χ3v) is 9.12. The summed E-state index contributed by atoms with van der Waals surface area (Å²) in [6.45, 7) is 14.9. The van der Waals surface area contributed by atoms with Crippen molar-refractivity contribution in [3.8, 4) is 0 Å². The molecule has 278 valence electrons. The number of benzene rings is 1. The minimum absolute atomic E-state index is 0.100. The zero-order valence-electron chi connectivity index (χ0n) is 31.4. The van der Waals surface area contributed by atoms with Crippen LogP contribution in [-0.4, -0.2) is 88.6 Å². The van der Waals surface area contributed by atoms with Gasteiger partial charge in [-0.3, -0.25) is 29.2 Å². The van der Waals surface area contributed by atoms with Crippen molar-refractivity contribution >= 4 is 46.8 Å². The average molecular weight is 707 g/mol. The quantitative estimate of drug-likeness (QED) is 0.299. The molecule has 0 spiro atoms. The number of esters is 1. The molecule has 2 saturated heterocycles. The molecule has 2 aromatic rings. The van der Waals surface area contributed by atoms with Gasteiger partial charge in [-0.05, 0) is 90.8 Å². The number of pyridine rings is 1. The largest absolute Gasteiger partial charge is 0.468 e. The maximum atomic E-state index is 14.0. The zero-order chi connectivity index (χ0) is 37.7. The molecule has 3 heterocycles. The molecule has 0 radical (unpaired) electrons. The lowest BCUT2D eigenvalue weighted by Gasteiger charge is -2.37. The Hall–Kier alpha value is -4.52. The number of nitrogens with zero attached hydrogens (tertiary/aromatic N) is 3. The highest BCUT2D eigenvalue weighted by Crippen LogP contribution is 2.33. The molecule has 13 nitrogen and oxygen atoms in total. The van der Waals surface area contributed by atoms with Crippen molar-refractivity contribution in [1.82, 2.24) is 31.0 Å². The van der Waals surface area contributed by atoms with Gasteiger partial charge in [0, 0.05) is 18.5 Å². The number of carbonyl (C=O) groups is 5. The number of hydrogen-bond donors (Lipinski definition) is 3. The Morgan fingerprint density at radius 2 is 1.65 bits per heavy atom. The van der Waals surface area contributed by atoms with Crippen molar-refractivity contribution in [3.05, 3.63) is 47.7 Å². The predicted octanol–water partition coefficient (Wildman–Crippen LogP) is 4.66. The first-order chi connectivity index (χ1) is 23.9. The lowest BCUT2D eigenvalue weighted by Crippen LogP contribution is -2.62. The van der Waals surface area contributed by atoms with E-state index < -0.39 is 41.1 Å². The Kier molecular flexibility index (Phi) is 12.5. The van der Waals surface area contributed by atoms with Crippen molar-refractivity contribution in [3.63, 3.8) is 0 Å². The number of methoxy groups -OCH3 is 1. The molecule has 2 aliphatic rings. The number of nitrogens with one attached hydrogen (secondary N) is 3. The monoisotopic (exact) mass is 706 g/mol. The molecule has 3 N–H and O–H groups in total. The van der Waals surface area contributed by atoms with Crippen molar-refractivity contribution < 1.29 is 33.4 Å². The smallest absolute Gasteiger partial charge is 0.408 e. The van der Waals surface area contributed by atoms with E-state index >= 15 is 0 Å². The van der Waals surface area contributed by atoms with Gasteiger partial charge in [-0.2, -0.15) is 0 Å². The number of likely N-dealkylation sites (tertiary alicyclic amines) is 1. The number of fused-ring (bicyclic) bond motifs is 1. The number of aromatic nitrogens is 1. The Labute approximate surface area is 300 Å². The topological polar surface area (TPSA) is 159 Å². The minimum Gasteiger partial charge on any atom is -0.468 e. The van der Waals surface area contributed by atoms with Gasteiger partial charge in [-0.1, -0.05) is 44.2 Å². The Bertz CT molecular complexity index is 1650. The van der Waals surface area contributed by atoms with Crippen LogP contribution in [0.1, 0.15) is 98.4 Å². The third kappa shape index (κ3) is 10.1. The van der Waals surface area contributed by atoms with Gasteiger partial charge in [0.2, 0.25) is 11.8 Å². The molecule has 0 aliphatic carbocycles. The molecular formula is C38H54N6O7. The number of carbonyl (C=O) groups excluding carboxylic acids is 5. The lowest BCUT2D eigenvalue weighted by molar-refractivity contribution is -0.148. The molecule has 4 amide bonds. The van der Waals surface area contributed by atoms with Gasteiger partial charge in [0.15, 0.2) is 0 Å². The van der Waals surface area contributed by atoms with Crippen LogP contribution >= 0.6 is 0 Å². The van der Waals surface area contributed by atoms with Crippen LogP contribution in [-0.2, 0) is 28.7 Å². The number of amides is 4. The zero-order valence-corrected chi connectivity index (χ0v) is 31.4. The average Bonchev–Trinajstić information content (AvgIpc) is 3.57. The first kappa shape index (κ1) is 39.3. The van der Waals surface area contributed by atoms with Crippen LogP contribution in [0.5, 0.6) is 0 Å². The van der Waals surface area contributed by atoms with E-state index in [0.717, 1.165) is 35.0 Å². The van der Waals surface area contributed by atoms with Crippen LogP contribution in [0, 0.1) is 11.3 Å². The normalized spacial score (nSPS) is 19.6. The number of hydrazine groups is 1. The number of rotatable bonds is 10. The molecule has 1 aromatic carbocycles. The fourth-order valence-electron chi connectivity index (χ4n) is 6.30. The second-order valence-electron chi connectivity index (χ2n) is 15.3. The van der Waals surface area contributed by atoms with Crippen molar-refractivity contribution in [2.24, 2.45) is 11.3 Å². The van der Waals surface area contributed by atoms with Crippen LogP contribution in [0.4, 0.5) is 4.79 Å². The van der Waals surface area contributed by atoms with Crippen LogP contribution in [0.15, 0.2) is 36.4 Å². The first-order valence-corrected chi connectivity index (χ1v) is 17.8. The summed E-state index contributed by atoms with van der Waals surface area (Å²) in [5.41, 5.74) is 4.10. The van der Waals surface area contributed by atoms with Gasteiger partial charge in [-0.25, -0.2) is 10.2 Å². The van der Waals surface area contributed by atoms with E-state index in [-0.39, 0.29) is 29.7 Å². The third-order valence-electron chi connectivity index (χ3n) is 9.12. The van der Waals surface area contributed by atoms with E-state index in [1.165, 1.54) is 12.1 Å². The van der Waals surface area contributed by atoms with E-state index in [4.69, 9.17) is 14.5 Å². The molecule has 2 aliphatic heterocycles. The number of alkyl carbamates (subject to hydrolysis) is 1. The van der Waals surface area contributed by atoms with Gasteiger partial charge in [-0.15, -0.1) is 0 Å². The fraction of sp³-hybridized carbons (Fsp3) is 0.579. The van der Waals surface area contributed by atoms with E-state index in [2.05, 4.69) is 16.1 Å². The maximum absolute atomic E-state index is 14.0. The highest BCUT2D eigenvalue weighted by atomic mass is 16.6. The molecular weight excluding hydrogens is 652 g/mol. The minimum atomic E-state index is -0.909. The molecule has 1 unspecified atom stereocenters. The second-order valence-corrected chi connectivity index (χ2v) is 15.3. The SMILES string of the molecule is COC(=O)C(C)(C)/C=C/c1ccc2ccc(C3CCCN3C(=O)[C@@H]3CCCN(C(=O)[C@H](C)NC(=O)[C@@H](NC(=O)OC(C)(C)C)C(C)C)N3)nc2c1. The van der Waals surface area contributed by atoms with Crippen molar-refractivity contribution in [2.75, 3.05) is 20.2 Å². The summed E-state index contributed by atoms with van der Waals surface area (Å²) >= 11 is 0. The van der Waals surface area contributed by atoms with Crippen LogP contribution in [0.3, 0.4) is 0 Å². The Morgan fingerprint density at radius 1 is 0.961 bits per heavy atom. The Balaban J connectivity index is 1.41.